The van der Waals surface area contributed by atoms with Crippen LogP contribution in [0.3, 0.4) is 0 Å². The van der Waals surface area contributed by atoms with Crippen molar-refractivity contribution in [2.75, 3.05) is 10.8 Å². The van der Waals surface area contributed by atoms with Gasteiger partial charge >= 0.3 is 0 Å². The average Bonchev–Trinajstić information content (AvgIpc) is 2.91. The summed E-state index contributed by atoms with van der Waals surface area (Å²) < 4.78 is 28.6. The van der Waals surface area contributed by atoms with Crippen LogP contribution in [0.4, 0.5) is 5.69 Å². The molecule has 39 heavy (non-hydrogen) atoms. The average molecular weight is 591 g/mol. The highest BCUT2D eigenvalue weighted by molar-refractivity contribution is 7.92. The highest BCUT2D eigenvalue weighted by Crippen LogP contribution is 2.33. The Morgan fingerprint density at radius 3 is 2.28 bits per heavy atom. The van der Waals surface area contributed by atoms with Gasteiger partial charge in [0.05, 0.1) is 15.6 Å². The molecule has 7 nitrogen and oxygen atoms in total. The molecule has 0 saturated carbocycles. The van der Waals surface area contributed by atoms with Crippen molar-refractivity contribution < 1.29 is 18.0 Å². The van der Waals surface area contributed by atoms with E-state index in [9.17, 15) is 18.0 Å². The monoisotopic (exact) mass is 589 g/mol. The largest absolute Gasteiger partial charge is 0.352 e. The third kappa shape index (κ3) is 7.75. The fourth-order valence-corrected chi connectivity index (χ4v) is 5.85. The number of benzene rings is 3. The Morgan fingerprint density at radius 2 is 1.64 bits per heavy atom. The lowest BCUT2D eigenvalue weighted by atomic mass is 10.1. The summed E-state index contributed by atoms with van der Waals surface area (Å²) in [6.07, 6.45) is 0.723. The van der Waals surface area contributed by atoms with Crippen molar-refractivity contribution in [1.29, 1.82) is 0 Å². The van der Waals surface area contributed by atoms with E-state index >= 15 is 0 Å². The van der Waals surface area contributed by atoms with E-state index in [-0.39, 0.29) is 39.1 Å². The molecule has 3 rings (SSSR count). The number of carbonyl (C=O) groups is 2. The van der Waals surface area contributed by atoms with Crippen molar-refractivity contribution in [2.45, 2.75) is 57.6 Å². The minimum absolute atomic E-state index is 0.0124. The second kappa shape index (κ2) is 13.3. The Labute approximate surface area is 240 Å². The number of hydrogen-bond acceptors (Lipinski definition) is 4. The molecule has 0 aliphatic heterocycles. The van der Waals surface area contributed by atoms with E-state index in [2.05, 4.69) is 5.32 Å². The molecule has 0 unspecified atom stereocenters. The molecule has 1 N–H and O–H groups in total. The summed E-state index contributed by atoms with van der Waals surface area (Å²) in [7, 11) is -4.23. The molecule has 10 heteroatoms. The Hall–Kier alpha value is -3.07. The first-order valence-corrected chi connectivity index (χ1v) is 14.8. The zero-order valence-corrected chi connectivity index (χ0v) is 24.7. The number of halogens is 2. The molecular formula is C29H33Cl2N3O4S. The van der Waals surface area contributed by atoms with E-state index in [1.807, 2.05) is 45.0 Å². The summed E-state index contributed by atoms with van der Waals surface area (Å²) in [5.74, 6) is -0.900. The second-order valence-electron chi connectivity index (χ2n) is 9.43. The number of sulfonamides is 1. The number of rotatable bonds is 11. The standard InChI is InChI=1S/C29H33Cl2N3O4S/c1-5-21(3)32-29(36)22(4)33(18-23-11-9-10-20(2)16-23)28(35)19-34(27-17-24(30)14-15-26(27)31)39(37,38)25-12-7-6-8-13-25/h6-17,21-22H,5,18-19H2,1-4H3,(H,32,36)/t21-,22+/m0/s1. The predicted octanol–water partition coefficient (Wildman–Crippen LogP) is 5.83. The van der Waals surface area contributed by atoms with Crippen LogP contribution in [0, 0.1) is 6.92 Å². The fourth-order valence-electron chi connectivity index (χ4n) is 3.97. The number of hydrogen-bond donors (Lipinski definition) is 1. The molecule has 208 valence electrons. The van der Waals surface area contributed by atoms with Gasteiger partial charge in [-0.3, -0.25) is 13.9 Å². The number of carbonyl (C=O) groups excluding carboxylic acids is 2. The molecule has 0 bridgehead atoms. The molecule has 2 atom stereocenters. The SMILES string of the molecule is CC[C@H](C)NC(=O)[C@@H](C)N(Cc1cccc(C)c1)C(=O)CN(c1cc(Cl)ccc1Cl)S(=O)(=O)c1ccccc1. The zero-order valence-electron chi connectivity index (χ0n) is 22.4. The molecule has 0 saturated heterocycles. The first-order chi connectivity index (χ1) is 18.4. The molecule has 0 spiro atoms. The van der Waals surface area contributed by atoms with E-state index in [0.717, 1.165) is 21.9 Å². The second-order valence-corrected chi connectivity index (χ2v) is 12.1. The van der Waals surface area contributed by atoms with Crippen molar-refractivity contribution in [3.8, 4) is 0 Å². The van der Waals surface area contributed by atoms with Gasteiger partial charge in [0, 0.05) is 17.6 Å². The van der Waals surface area contributed by atoms with Gasteiger partial charge in [0.25, 0.3) is 10.0 Å². The Kier molecular flexibility index (Phi) is 10.4. The van der Waals surface area contributed by atoms with Crippen LogP contribution in [0.1, 0.15) is 38.3 Å². The number of amides is 2. The van der Waals surface area contributed by atoms with Crippen LogP contribution >= 0.6 is 23.2 Å². The summed E-state index contributed by atoms with van der Waals surface area (Å²) in [6, 6.07) is 18.8. The van der Waals surface area contributed by atoms with Gasteiger partial charge < -0.3 is 10.2 Å². The van der Waals surface area contributed by atoms with Crippen LogP contribution in [-0.4, -0.2) is 43.8 Å². The van der Waals surface area contributed by atoms with Gasteiger partial charge in [0.1, 0.15) is 12.6 Å². The third-order valence-electron chi connectivity index (χ3n) is 6.39. The minimum Gasteiger partial charge on any atom is -0.352 e. The predicted molar refractivity (Wildman–Crippen MR) is 157 cm³/mol. The first-order valence-electron chi connectivity index (χ1n) is 12.6. The van der Waals surface area contributed by atoms with Crippen LogP contribution < -0.4 is 9.62 Å². The topological polar surface area (TPSA) is 86.8 Å². The number of aryl methyl sites for hydroxylation is 1. The Morgan fingerprint density at radius 1 is 0.949 bits per heavy atom. The zero-order chi connectivity index (χ0) is 28.7. The lowest BCUT2D eigenvalue weighted by Crippen LogP contribution is -2.52. The molecule has 0 aliphatic carbocycles. The van der Waals surface area contributed by atoms with Crippen LogP contribution in [0.15, 0.2) is 77.7 Å². The minimum atomic E-state index is -4.23. The van der Waals surface area contributed by atoms with E-state index < -0.39 is 28.5 Å². The lowest BCUT2D eigenvalue weighted by Gasteiger charge is -2.32. The smallest absolute Gasteiger partial charge is 0.264 e. The molecule has 2 amide bonds. The first kappa shape index (κ1) is 30.5. The van der Waals surface area contributed by atoms with Crippen molar-refractivity contribution in [3.63, 3.8) is 0 Å². The fraction of sp³-hybridized carbons (Fsp3) is 0.310. The third-order valence-corrected chi connectivity index (χ3v) is 8.72. The summed E-state index contributed by atoms with van der Waals surface area (Å²) >= 11 is 12.6. The Bertz CT molecular complexity index is 1420. The molecular weight excluding hydrogens is 557 g/mol. The lowest BCUT2D eigenvalue weighted by molar-refractivity contribution is -0.139. The van der Waals surface area contributed by atoms with E-state index in [0.29, 0.717) is 0 Å². The van der Waals surface area contributed by atoms with E-state index in [1.54, 1.807) is 25.1 Å². The normalized spacial score (nSPS) is 12.9. The summed E-state index contributed by atoms with van der Waals surface area (Å²) in [6.45, 7) is 6.92. The van der Waals surface area contributed by atoms with Gasteiger partial charge in [-0.25, -0.2) is 8.42 Å². The molecule has 0 fully saturated rings. The van der Waals surface area contributed by atoms with Gasteiger partial charge in [-0.05, 0) is 63.1 Å². The van der Waals surface area contributed by atoms with Crippen molar-refractivity contribution >= 4 is 50.7 Å². The molecule has 3 aromatic rings. The molecule has 0 aliphatic rings. The maximum Gasteiger partial charge on any atom is 0.264 e. The van der Waals surface area contributed by atoms with Crippen molar-refractivity contribution in [1.82, 2.24) is 10.2 Å². The molecule has 0 radical (unpaired) electrons. The van der Waals surface area contributed by atoms with Gasteiger partial charge in [-0.15, -0.1) is 0 Å². The number of anilines is 1. The number of nitrogens with one attached hydrogen (secondary N) is 1. The van der Waals surface area contributed by atoms with Crippen LogP contribution in [0.5, 0.6) is 0 Å². The highest BCUT2D eigenvalue weighted by atomic mass is 35.5. The van der Waals surface area contributed by atoms with Gasteiger partial charge in [-0.2, -0.15) is 0 Å². The van der Waals surface area contributed by atoms with E-state index in [4.69, 9.17) is 23.2 Å². The Balaban J connectivity index is 2.06. The van der Waals surface area contributed by atoms with Crippen molar-refractivity contribution in [2.24, 2.45) is 0 Å². The number of nitrogens with zero attached hydrogens (tertiary/aromatic N) is 2. The quantitative estimate of drug-likeness (QED) is 0.305. The van der Waals surface area contributed by atoms with Gasteiger partial charge in [-0.1, -0.05) is 78.2 Å². The van der Waals surface area contributed by atoms with Gasteiger partial charge in [0.15, 0.2) is 0 Å². The maximum atomic E-state index is 14.0. The van der Waals surface area contributed by atoms with Crippen LogP contribution in [0.25, 0.3) is 0 Å². The highest BCUT2D eigenvalue weighted by Gasteiger charge is 2.33. The van der Waals surface area contributed by atoms with Crippen molar-refractivity contribution in [3.05, 3.63) is 94.0 Å². The molecule has 3 aromatic carbocycles. The summed E-state index contributed by atoms with van der Waals surface area (Å²) in [4.78, 5) is 28.4. The maximum absolute atomic E-state index is 14.0. The van der Waals surface area contributed by atoms with Crippen LogP contribution in [0.2, 0.25) is 10.0 Å². The van der Waals surface area contributed by atoms with Crippen LogP contribution in [-0.2, 0) is 26.2 Å². The summed E-state index contributed by atoms with van der Waals surface area (Å²) in [5, 5.41) is 3.28. The molecule has 0 heterocycles. The van der Waals surface area contributed by atoms with Gasteiger partial charge in [0.2, 0.25) is 11.8 Å². The van der Waals surface area contributed by atoms with E-state index in [1.165, 1.54) is 35.2 Å². The molecule has 0 aromatic heterocycles. The summed E-state index contributed by atoms with van der Waals surface area (Å²) in [5.41, 5.74) is 1.87.